The van der Waals surface area contributed by atoms with Crippen LogP contribution in [0.3, 0.4) is 0 Å². The molecule has 4 aromatic rings. The highest BCUT2D eigenvalue weighted by Crippen LogP contribution is 2.30. The van der Waals surface area contributed by atoms with Gasteiger partial charge < -0.3 is 15.0 Å². The van der Waals surface area contributed by atoms with Gasteiger partial charge in [0, 0.05) is 30.5 Å². The molecule has 1 atom stereocenters. The van der Waals surface area contributed by atoms with Gasteiger partial charge in [-0.15, -0.1) is 11.3 Å². The van der Waals surface area contributed by atoms with Crippen LogP contribution in [0.4, 0.5) is 0 Å². The number of amides is 1. The lowest BCUT2D eigenvalue weighted by Gasteiger charge is -2.25. The molecule has 1 N–H and O–H groups in total. The molecule has 1 amide bonds. The number of hydrogen-bond acceptors (Lipinski definition) is 6. The van der Waals surface area contributed by atoms with E-state index in [4.69, 9.17) is 4.74 Å². The van der Waals surface area contributed by atoms with Crippen molar-refractivity contribution in [2.75, 3.05) is 27.7 Å². The van der Waals surface area contributed by atoms with Crippen molar-refractivity contribution in [2.45, 2.75) is 25.9 Å². The van der Waals surface area contributed by atoms with Crippen molar-refractivity contribution in [1.82, 2.24) is 19.8 Å². The van der Waals surface area contributed by atoms with Crippen LogP contribution in [0.5, 0.6) is 5.75 Å². The predicted molar refractivity (Wildman–Crippen MR) is 141 cm³/mol. The summed E-state index contributed by atoms with van der Waals surface area (Å²) in [6.45, 7) is 2.77. The Morgan fingerprint density at radius 1 is 1.14 bits per heavy atom. The first-order valence-corrected chi connectivity index (χ1v) is 12.4. The number of ether oxygens (including phenoxy) is 1. The van der Waals surface area contributed by atoms with E-state index in [-0.39, 0.29) is 30.5 Å². The fourth-order valence-electron chi connectivity index (χ4n) is 4.02. The number of aryl methyl sites for hydroxylation is 2. The average Bonchev–Trinajstić information content (AvgIpc) is 3.29. The molecule has 0 saturated carbocycles. The number of carbonyl (C=O) groups excluding carboxylic acids is 1. The SMILES string of the molecule is COc1ccc([C@@H](CNC(=O)CCn2cnc3scc(-c4ccc(C)cc4)c3c2=O)N(C)C)cc1. The second kappa shape index (κ2) is 10.8. The fourth-order valence-corrected chi connectivity index (χ4v) is 4.92. The number of rotatable bonds is 9. The lowest BCUT2D eigenvalue weighted by atomic mass is 10.1. The molecular formula is C27H30N4O3S. The molecule has 0 radical (unpaired) electrons. The molecule has 2 aromatic heterocycles. The molecular weight excluding hydrogens is 460 g/mol. The van der Waals surface area contributed by atoms with Crippen LogP contribution >= 0.6 is 11.3 Å². The van der Waals surface area contributed by atoms with E-state index in [1.54, 1.807) is 7.11 Å². The van der Waals surface area contributed by atoms with E-state index in [0.717, 1.165) is 22.4 Å². The van der Waals surface area contributed by atoms with Crippen LogP contribution in [0.15, 0.2) is 65.0 Å². The van der Waals surface area contributed by atoms with Crippen LogP contribution in [0.25, 0.3) is 21.3 Å². The van der Waals surface area contributed by atoms with Gasteiger partial charge in [-0.05, 0) is 44.3 Å². The Morgan fingerprint density at radius 3 is 2.51 bits per heavy atom. The molecule has 0 fully saturated rings. The van der Waals surface area contributed by atoms with Crippen LogP contribution in [0, 0.1) is 6.92 Å². The van der Waals surface area contributed by atoms with Crippen LogP contribution in [0.1, 0.15) is 23.6 Å². The minimum atomic E-state index is -0.121. The fraction of sp³-hybridized carbons (Fsp3) is 0.296. The van der Waals surface area contributed by atoms with Gasteiger partial charge in [-0.2, -0.15) is 0 Å². The number of nitrogens with one attached hydrogen (secondary N) is 1. The van der Waals surface area contributed by atoms with Gasteiger partial charge in [-0.3, -0.25) is 14.2 Å². The first-order valence-electron chi connectivity index (χ1n) is 11.5. The molecule has 0 aliphatic carbocycles. The zero-order chi connectivity index (χ0) is 24.9. The molecule has 0 saturated heterocycles. The molecule has 0 spiro atoms. The maximum Gasteiger partial charge on any atom is 0.262 e. The summed E-state index contributed by atoms with van der Waals surface area (Å²) in [7, 11) is 5.60. The molecule has 35 heavy (non-hydrogen) atoms. The van der Waals surface area contributed by atoms with Gasteiger partial charge in [-0.25, -0.2) is 4.98 Å². The number of benzene rings is 2. The standard InChI is InChI=1S/C27H30N4O3S/c1-18-5-7-19(8-6-18)22-16-35-26-25(22)27(33)31(17-29-26)14-13-24(32)28-15-23(30(2)3)20-9-11-21(34-4)12-10-20/h5-12,16-17,23H,13-15H2,1-4H3,(H,28,32)/t23-/m1/s1. The molecule has 2 heterocycles. The number of likely N-dealkylation sites (N-methyl/N-ethyl adjacent to an activating group) is 1. The number of carbonyl (C=O) groups is 1. The Bertz CT molecular complexity index is 1360. The van der Waals surface area contributed by atoms with Gasteiger partial charge in [0.15, 0.2) is 0 Å². The Balaban J connectivity index is 1.43. The van der Waals surface area contributed by atoms with Gasteiger partial charge in [0.2, 0.25) is 5.91 Å². The molecule has 0 unspecified atom stereocenters. The molecule has 8 heteroatoms. The van der Waals surface area contributed by atoms with E-state index in [2.05, 4.69) is 15.2 Å². The molecule has 182 valence electrons. The summed E-state index contributed by atoms with van der Waals surface area (Å²) in [5.74, 6) is 0.684. The van der Waals surface area contributed by atoms with Crippen molar-refractivity contribution in [2.24, 2.45) is 0 Å². The Kier molecular flexibility index (Phi) is 7.63. The molecule has 2 aromatic carbocycles. The molecule has 0 aliphatic heterocycles. The highest BCUT2D eigenvalue weighted by Gasteiger charge is 2.17. The number of hydrogen-bond donors (Lipinski definition) is 1. The molecule has 0 aliphatic rings. The molecule has 7 nitrogen and oxygen atoms in total. The third kappa shape index (κ3) is 5.61. The maximum atomic E-state index is 13.2. The third-order valence-corrected chi connectivity index (χ3v) is 7.01. The summed E-state index contributed by atoms with van der Waals surface area (Å²) in [5.41, 5.74) is 4.00. The highest BCUT2D eigenvalue weighted by atomic mass is 32.1. The normalized spacial score (nSPS) is 12.1. The van der Waals surface area contributed by atoms with Gasteiger partial charge in [0.1, 0.15) is 10.6 Å². The van der Waals surface area contributed by atoms with Gasteiger partial charge in [-0.1, -0.05) is 42.0 Å². The maximum absolute atomic E-state index is 13.2. The summed E-state index contributed by atoms with van der Waals surface area (Å²) in [4.78, 5) is 33.1. The second-order valence-corrected chi connectivity index (χ2v) is 9.60. The van der Waals surface area contributed by atoms with Gasteiger partial charge >= 0.3 is 0 Å². The van der Waals surface area contributed by atoms with E-state index < -0.39 is 0 Å². The number of aromatic nitrogens is 2. The van der Waals surface area contributed by atoms with Gasteiger partial charge in [0.05, 0.1) is 24.9 Å². The highest BCUT2D eigenvalue weighted by molar-refractivity contribution is 7.17. The second-order valence-electron chi connectivity index (χ2n) is 8.75. The first kappa shape index (κ1) is 24.6. The quantitative estimate of drug-likeness (QED) is 0.380. The minimum absolute atomic E-state index is 0.0217. The van der Waals surface area contributed by atoms with Gasteiger partial charge in [0.25, 0.3) is 5.56 Å². The van der Waals surface area contributed by atoms with Crippen molar-refractivity contribution in [1.29, 1.82) is 0 Å². The van der Waals surface area contributed by atoms with E-state index in [9.17, 15) is 9.59 Å². The average molecular weight is 491 g/mol. The van der Waals surface area contributed by atoms with Crippen LogP contribution in [0.2, 0.25) is 0 Å². The van der Waals surface area contributed by atoms with Crippen LogP contribution in [-0.4, -0.2) is 48.1 Å². The number of fused-ring (bicyclic) bond motifs is 1. The molecule has 0 bridgehead atoms. The van der Waals surface area contributed by atoms with Crippen molar-refractivity contribution in [3.8, 4) is 16.9 Å². The van der Waals surface area contributed by atoms with Crippen LogP contribution < -0.4 is 15.6 Å². The van der Waals surface area contributed by atoms with Crippen molar-refractivity contribution >= 4 is 27.5 Å². The third-order valence-electron chi connectivity index (χ3n) is 6.12. The summed E-state index contributed by atoms with van der Waals surface area (Å²) in [6.07, 6.45) is 1.73. The van der Waals surface area contributed by atoms with Crippen molar-refractivity contribution < 1.29 is 9.53 Å². The van der Waals surface area contributed by atoms with E-state index >= 15 is 0 Å². The summed E-state index contributed by atoms with van der Waals surface area (Å²) in [6, 6.07) is 16.0. The summed E-state index contributed by atoms with van der Waals surface area (Å²) in [5, 5.41) is 5.59. The minimum Gasteiger partial charge on any atom is -0.497 e. The predicted octanol–water partition coefficient (Wildman–Crippen LogP) is 4.25. The molecule has 4 rings (SSSR count). The van der Waals surface area contributed by atoms with E-state index in [0.29, 0.717) is 16.8 Å². The van der Waals surface area contributed by atoms with Crippen molar-refractivity contribution in [3.05, 3.63) is 81.7 Å². The Hall–Kier alpha value is -3.49. The lowest BCUT2D eigenvalue weighted by Crippen LogP contribution is -2.35. The monoisotopic (exact) mass is 490 g/mol. The summed E-state index contributed by atoms with van der Waals surface area (Å²) >= 11 is 1.46. The number of nitrogens with zero attached hydrogens (tertiary/aromatic N) is 3. The topological polar surface area (TPSA) is 76.5 Å². The van der Waals surface area contributed by atoms with Crippen LogP contribution in [-0.2, 0) is 11.3 Å². The Morgan fingerprint density at radius 2 is 1.86 bits per heavy atom. The largest absolute Gasteiger partial charge is 0.497 e. The number of thiophene rings is 1. The smallest absolute Gasteiger partial charge is 0.262 e. The number of methoxy groups -OCH3 is 1. The lowest BCUT2D eigenvalue weighted by molar-refractivity contribution is -0.121. The van der Waals surface area contributed by atoms with Crippen molar-refractivity contribution in [3.63, 3.8) is 0 Å². The zero-order valence-electron chi connectivity index (χ0n) is 20.4. The summed E-state index contributed by atoms with van der Waals surface area (Å²) < 4.78 is 6.76. The first-order chi connectivity index (χ1) is 16.9. The van der Waals surface area contributed by atoms with E-state index in [1.165, 1.54) is 27.8 Å². The zero-order valence-corrected chi connectivity index (χ0v) is 21.3. The Labute approximate surface area is 209 Å². The van der Waals surface area contributed by atoms with E-state index in [1.807, 2.05) is 74.9 Å².